The molecule has 1 aromatic carbocycles. The molecule has 1 heterocycles. The summed E-state index contributed by atoms with van der Waals surface area (Å²) in [4.78, 5) is 0. The summed E-state index contributed by atoms with van der Waals surface area (Å²) in [6.07, 6.45) is 2.64. The zero-order chi connectivity index (χ0) is 14.4. The molecule has 0 bridgehead atoms. The van der Waals surface area contributed by atoms with Crippen molar-refractivity contribution in [2.45, 2.75) is 12.6 Å². The zero-order valence-corrected chi connectivity index (χ0v) is 12.2. The van der Waals surface area contributed by atoms with Crippen molar-refractivity contribution in [3.8, 4) is 5.75 Å². The van der Waals surface area contributed by atoms with Crippen molar-refractivity contribution in [3.63, 3.8) is 0 Å². The molecule has 4 nitrogen and oxygen atoms in total. The van der Waals surface area contributed by atoms with E-state index in [9.17, 15) is 5.11 Å². The van der Waals surface area contributed by atoms with Crippen molar-refractivity contribution in [1.82, 2.24) is 5.32 Å². The van der Waals surface area contributed by atoms with Crippen LogP contribution in [0, 0.1) is 0 Å². The molecular weight excluding hydrogens is 301 g/mol. The molecule has 0 fully saturated rings. The summed E-state index contributed by atoms with van der Waals surface area (Å²) >= 11 is 11.8. The lowest BCUT2D eigenvalue weighted by Gasteiger charge is -2.13. The maximum absolute atomic E-state index is 9.80. The highest BCUT2D eigenvalue weighted by Crippen LogP contribution is 2.27. The van der Waals surface area contributed by atoms with Gasteiger partial charge in [0.15, 0.2) is 0 Å². The van der Waals surface area contributed by atoms with Gasteiger partial charge in [-0.2, -0.15) is 0 Å². The van der Waals surface area contributed by atoms with Crippen molar-refractivity contribution < 1.29 is 14.3 Å². The predicted molar refractivity (Wildman–Crippen MR) is 78.4 cm³/mol. The second kappa shape index (κ2) is 7.55. The molecule has 0 radical (unpaired) electrons. The van der Waals surface area contributed by atoms with Crippen LogP contribution in [0.3, 0.4) is 0 Å². The lowest BCUT2D eigenvalue weighted by atomic mass is 10.3. The highest BCUT2D eigenvalue weighted by atomic mass is 35.5. The maximum Gasteiger partial charge on any atom is 0.138 e. The van der Waals surface area contributed by atoms with Crippen LogP contribution in [-0.4, -0.2) is 24.4 Å². The number of furan rings is 1. The van der Waals surface area contributed by atoms with Crippen LogP contribution in [-0.2, 0) is 6.54 Å². The highest BCUT2D eigenvalue weighted by Gasteiger charge is 2.08. The van der Waals surface area contributed by atoms with Gasteiger partial charge in [0.25, 0.3) is 0 Å². The predicted octanol–water partition coefficient (Wildman–Crippen LogP) is 3.12. The van der Waals surface area contributed by atoms with Gasteiger partial charge in [0.05, 0.1) is 17.5 Å². The molecule has 0 aliphatic heterocycles. The number of aliphatic hydroxyl groups excluding tert-OH is 1. The fourth-order valence-corrected chi connectivity index (χ4v) is 2.08. The molecule has 0 aliphatic carbocycles. The molecule has 0 amide bonds. The molecule has 1 unspecified atom stereocenters. The molecule has 0 aliphatic rings. The molecule has 0 saturated heterocycles. The molecule has 2 aromatic rings. The van der Waals surface area contributed by atoms with Crippen LogP contribution in [0.5, 0.6) is 5.75 Å². The van der Waals surface area contributed by atoms with Gasteiger partial charge < -0.3 is 19.6 Å². The molecular formula is C14H15Cl2NO3. The quantitative estimate of drug-likeness (QED) is 0.824. The molecule has 20 heavy (non-hydrogen) atoms. The van der Waals surface area contributed by atoms with Crippen LogP contribution >= 0.6 is 23.2 Å². The Morgan fingerprint density at radius 3 is 2.85 bits per heavy atom. The molecule has 6 heteroatoms. The third-order valence-electron chi connectivity index (χ3n) is 2.61. The second-order valence-electron chi connectivity index (χ2n) is 4.30. The van der Waals surface area contributed by atoms with Crippen LogP contribution in [0.15, 0.2) is 41.2 Å². The molecule has 1 aromatic heterocycles. The van der Waals surface area contributed by atoms with Crippen molar-refractivity contribution in [2.75, 3.05) is 13.2 Å². The minimum atomic E-state index is -0.631. The molecule has 0 saturated carbocycles. The number of halogens is 2. The topological polar surface area (TPSA) is 54.6 Å². The van der Waals surface area contributed by atoms with Gasteiger partial charge in [0, 0.05) is 23.7 Å². The minimum Gasteiger partial charge on any atom is -0.489 e. The SMILES string of the molecule is OC(CNCc1ccoc1)COc1ccc(Cl)cc1Cl. The van der Waals surface area contributed by atoms with Gasteiger partial charge >= 0.3 is 0 Å². The summed E-state index contributed by atoms with van der Waals surface area (Å²) in [5.41, 5.74) is 1.03. The standard InChI is InChI=1S/C14H15Cl2NO3/c15-11-1-2-14(13(16)5-11)20-9-12(18)7-17-6-10-3-4-19-8-10/h1-5,8,12,17-18H,6-7,9H2. The van der Waals surface area contributed by atoms with E-state index in [1.54, 1.807) is 30.7 Å². The van der Waals surface area contributed by atoms with Crippen LogP contribution < -0.4 is 10.1 Å². The van der Waals surface area contributed by atoms with Crippen LogP contribution in [0.2, 0.25) is 10.0 Å². The van der Waals surface area contributed by atoms with Gasteiger partial charge in [0.1, 0.15) is 18.5 Å². The Morgan fingerprint density at radius 2 is 2.15 bits per heavy atom. The molecule has 0 spiro atoms. The minimum absolute atomic E-state index is 0.153. The highest BCUT2D eigenvalue weighted by molar-refractivity contribution is 6.35. The van der Waals surface area contributed by atoms with Gasteiger partial charge in [-0.25, -0.2) is 0 Å². The van der Waals surface area contributed by atoms with E-state index in [-0.39, 0.29) is 6.61 Å². The average molecular weight is 316 g/mol. The van der Waals surface area contributed by atoms with Gasteiger partial charge in [-0.05, 0) is 24.3 Å². The van der Waals surface area contributed by atoms with Crippen LogP contribution in [0.1, 0.15) is 5.56 Å². The first-order valence-corrected chi connectivity index (χ1v) is 6.88. The first-order chi connectivity index (χ1) is 9.65. The lowest BCUT2D eigenvalue weighted by Crippen LogP contribution is -2.31. The first kappa shape index (κ1) is 15.2. The third-order valence-corrected chi connectivity index (χ3v) is 3.14. The largest absolute Gasteiger partial charge is 0.489 e. The molecule has 2 N–H and O–H groups in total. The number of nitrogens with one attached hydrogen (secondary N) is 1. The smallest absolute Gasteiger partial charge is 0.138 e. The van der Waals surface area contributed by atoms with Crippen molar-refractivity contribution in [3.05, 3.63) is 52.4 Å². The van der Waals surface area contributed by atoms with Crippen LogP contribution in [0.25, 0.3) is 0 Å². The lowest BCUT2D eigenvalue weighted by molar-refractivity contribution is 0.106. The number of ether oxygens (including phenoxy) is 1. The van der Waals surface area contributed by atoms with Gasteiger partial charge in [-0.15, -0.1) is 0 Å². The number of aliphatic hydroxyl groups is 1. The normalized spacial score (nSPS) is 12.3. The fourth-order valence-electron chi connectivity index (χ4n) is 1.61. The van der Waals surface area contributed by atoms with Crippen molar-refractivity contribution in [1.29, 1.82) is 0 Å². The van der Waals surface area contributed by atoms with Crippen LogP contribution in [0.4, 0.5) is 0 Å². The Kier molecular flexibility index (Phi) is 5.73. The summed E-state index contributed by atoms with van der Waals surface area (Å²) in [5, 5.41) is 13.9. The van der Waals surface area contributed by atoms with Crippen molar-refractivity contribution >= 4 is 23.2 Å². The number of rotatable bonds is 7. The van der Waals surface area contributed by atoms with E-state index < -0.39 is 6.10 Å². The van der Waals surface area contributed by atoms with Crippen molar-refractivity contribution in [2.24, 2.45) is 0 Å². The van der Waals surface area contributed by atoms with E-state index >= 15 is 0 Å². The zero-order valence-electron chi connectivity index (χ0n) is 10.7. The fraction of sp³-hybridized carbons (Fsp3) is 0.286. The molecule has 108 valence electrons. The van der Waals surface area contributed by atoms with E-state index in [1.807, 2.05) is 6.07 Å². The number of benzene rings is 1. The Hall–Kier alpha value is -1.20. The maximum atomic E-state index is 9.80. The number of hydrogen-bond donors (Lipinski definition) is 2. The van der Waals surface area contributed by atoms with E-state index in [2.05, 4.69) is 5.32 Å². The summed E-state index contributed by atoms with van der Waals surface area (Å²) < 4.78 is 10.4. The second-order valence-corrected chi connectivity index (χ2v) is 5.15. The summed E-state index contributed by atoms with van der Waals surface area (Å²) in [7, 11) is 0. The summed E-state index contributed by atoms with van der Waals surface area (Å²) in [6, 6.07) is 6.83. The summed E-state index contributed by atoms with van der Waals surface area (Å²) in [5.74, 6) is 0.505. The van der Waals surface area contributed by atoms with Gasteiger partial charge in [-0.3, -0.25) is 0 Å². The Labute approximate surface area is 127 Å². The number of hydrogen-bond acceptors (Lipinski definition) is 4. The van der Waals surface area contributed by atoms with E-state index in [4.69, 9.17) is 32.4 Å². The molecule has 2 rings (SSSR count). The van der Waals surface area contributed by atoms with Gasteiger partial charge in [0.2, 0.25) is 0 Å². The first-order valence-electron chi connectivity index (χ1n) is 6.13. The van der Waals surface area contributed by atoms with E-state index in [0.29, 0.717) is 28.9 Å². The van der Waals surface area contributed by atoms with Gasteiger partial charge in [-0.1, -0.05) is 23.2 Å². The van der Waals surface area contributed by atoms with E-state index in [0.717, 1.165) is 5.56 Å². The molecule has 1 atom stereocenters. The summed E-state index contributed by atoms with van der Waals surface area (Å²) in [6.45, 7) is 1.20. The average Bonchev–Trinajstić information content (AvgIpc) is 2.91. The Bertz CT molecular complexity index is 531. The monoisotopic (exact) mass is 315 g/mol. The third kappa shape index (κ3) is 4.72. The Balaban J connectivity index is 1.70. The van der Waals surface area contributed by atoms with E-state index in [1.165, 1.54) is 0 Å². The Morgan fingerprint density at radius 1 is 1.30 bits per heavy atom.